The molecule has 7 nitrogen and oxygen atoms in total. The zero-order chi connectivity index (χ0) is 9.56. The molecule has 12 heavy (non-hydrogen) atoms. The van der Waals surface area contributed by atoms with Gasteiger partial charge in [-0.3, -0.25) is 15.0 Å². The van der Waals surface area contributed by atoms with Gasteiger partial charge in [-0.1, -0.05) is 12.6 Å². The first-order valence-electron chi connectivity index (χ1n) is 2.56. The summed E-state index contributed by atoms with van der Waals surface area (Å²) in [5.74, 6) is 0. The molecule has 3 N–H and O–H groups in total. The topological polar surface area (TPSA) is 122 Å². The molecule has 8 heteroatoms. The third kappa shape index (κ3) is 4.13. The summed E-state index contributed by atoms with van der Waals surface area (Å²) in [6, 6.07) is 0. The van der Waals surface area contributed by atoms with Crippen molar-refractivity contribution < 1.29 is 0 Å². The summed E-state index contributed by atoms with van der Waals surface area (Å²) in [6.45, 7) is 0. The molecule has 0 spiro atoms. The average molecular weight is 188 g/mol. The Morgan fingerprint density at radius 3 is 1.33 bits per heavy atom. The number of nitrogens with one attached hydrogen (secondary N) is 3. The van der Waals surface area contributed by atoms with E-state index in [1.54, 1.807) is 15.0 Å². The standard InChI is InChI=1S/C3H3N3O3.CHNS/c7-1-4-2(8)6-3(9)5-1;2-1-3/h(H3,4,5,6,7,8,9);3H. The van der Waals surface area contributed by atoms with Crippen LogP contribution in [0.3, 0.4) is 0 Å². The van der Waals surface area contributed by atoms with Gasteiger partial charge >= 0.3 is 17.1 Å². The van der Waals surface area contributed by atoms with Crippen molar-refractivity contribution in [1.29, 1.82) is 5.26 Å². The molecular formula is C4H4N4O3S. The summed E-state index contributed by atoms with van der Waals surface area (Å²) in [5, 5.41) is 8.63. The van der Waals surface area contributed by atoms with E-state index in [4.69, 9.17) is 5.26 Å². The fourth-order valence-corrected chi connectivity index (χ4v) is 0.403. The Labute approximate surface area is 70.5 Å². The number of hydrogen-bond acceptors (Lipinski definition) is 5. The number of thiol groups is 1. The smallest absolute Gasteiger partial charge is 0.259 e. The van der Waals surface area contributed by atoms with Gasteiger partial charge < -0.3 is 0 Å². The number of nitrogens with zero attached hydrogens (tertiary/aromatic N) is 1. The molecular weight excluding hydrogens is 184 g/mol. The molecule has 0 saturated carbocycles. The van der Waals surface area contributed by atoms with E-state index in [2.05, 4.69) is 12.6 Å². The number of aromatic nitrogens is 3. The summed E-state index contributed by atoms with van der Waals surface area (Å²) in [7, 11) is 0. The average Bonchev–Trinajstić information content (AvgIpc) is 1.84. The monoisotopic (exact) mass is 188 g/mol. The molecule has 64 valence electrons. The first kappa shape index (κ1) is 10.2. The largest absolute Gasteiger partial charge is 0.330 e. The lowest BCUT2D eigenvalue weighted by molar-refractivity contribution is 0.888. The Balaban J connectivity index is 0.000000354. The molecule has 1 aromatic rings. The van der Waals surface area contributed by atoms with Gasteiger partial charge in [0.25, 0.3) is 0 Å². The molecule has 0 aliphatic heterocycles. The second kappa shape index (κ2) is 4.97. The van der Waals surface area contributed by atoms with Crippen molar-refractivity contribution in [3.63, 3.8) is 0 Å². The van der Waals surface area contributed by atoms with Gasteiger partial charge in [-0.25, -0.2) is 14.4 Å². The van der Waals surface area contributed by atoms with E-state index in [0.717, 1.165) is 0 Å². The van der Waals surface area contributed by atoms with E-state index >= 15 is 0 Å². The van der Waals surface area contributed by atoms with Gasteiger partial charge in [0.2, 0.25) is 0 Å². The van der Waals surface area contributed by atoms with Crippen LogP contribution in [0.5, 0.6) is 0 Å². The van der Waals surface area contributed by atoms with Crippen molar-refractivity contribution in [2.45, 2.75) is 0 Å². The number of nitriles is 1. The van der Waals surface area contributed by atoms with Crippen molar-refractivity contribution in [3.05, 3.63) is 31.5 Å². The van der Waals surface area contributed by atoms with Crippen molar-refractivity contribution in [2.75, 3.05) is 0 Å². The Morgan fingerprint density at radius 2 is 1.17 bits per heavy atom. The normalized spacial score (nSPS) is 7.67. The minimum atomic E-state index is -0.802. The number of thiocyanates is 1. The molecule has 0 amide bonds. The lowest BCUT2D eigenvalue weighted by Gasteiger charge is -1.77. The molecule has 1 rings (SSSR count). The highest BCUT2D eigenvalue weighted by Gasteiger charge is 1.84. The van der Waals surface area contributed by atoms with Crippen LogP contribution in [-0.4, -0.2) is 15.0 Å². The van der Waals surface area contributed by atoms with Crippen LogP contribution in [0, 0.1) is 10.7 Å². The molecule has 1 aromatic heterocycles. The minimum Gasteiger partial charge on any atom is -0.259 e. The summed E-state index contributed by atoms with van der Waals surface area (Å²) in [4.78, 5) is 35.9. The molecule has 0 saturated heterocycles. The van der Waals surface area contributed by atoms with Crippen LogP contribution in [0.15, 0.2) is 14.4 Å². The molecule has 0 fully saturated rings. The summed E-state index contributed by atoms with van der Waals surface area (Å²) >= 11 is 3.09. The molecule has 0 aliphatic carbocycles. The van der Waals surface area contributed by atoms with Crippen molar-refractivity contribution >= 4 is 12.6 Å². The lowest BCUT2D eigenvalue weighted by atomic mass is 11.0. The summed E-state index contributed by atoms with van der Waals surface area (Å²) in [6.07, 6.45) is 0. The van der Waals surface area contributed by atoms with Crippen LogP contribution < -0.4 is 17.1 Å². The van der Waals surface area contributed by atoms with Crippen molar-refractivity contribution in [3.8, 4) is 5.40 Å². The van der Waals surface area contributed by atoms with Crippen molar-refractivity contribution in [2.24, 2.45) is 0 Å². The molecule has 0 aromatic carbocycles. The minimum absolute atomic E-state index is 0.802. The van der Waals surface area contributed by atoms with Gasteiger partial charge in [0.05, 0.1) is 0 Å². The van der Waals surface area contributed by atoms with E-state index in [1.165, 1.54) is 5.40 Å². The zero-order valence-electron chi connectivity index (χ0n) is 5.62. The van der Waals surface area contributed by atoms with E-state index < -0.39 is 17.1 Å². The SMILES string of the molecule is N#CS.O=c1[nH]c(=O)[nH]c(=O)[nH]1. The lowest BCUT2D eigenvalue weighted by Crippen LogP contribution is -2.34. The van der Waals surface area contributed by atoms with Crippen LogP contribution in [0.2, 0.25) is 0 Å². The third-order valence-corrected chi connectivity index (χ3v) is 0.681. The number of rotatable bonds is 0. The Bertz CT molecular complexity index is 356. The number of hydrogen-bond donors (Lipinski definition) is 4. The Kier molecular flexibility index (Phi) is 4.25. The molecule has 0 unspecified atom stereocenters. The fraction of sp³-hybridized carbons (Fsp3) is 0. The predicted octanol–water partition coefficient (Wildman–Crippen LogP) is -1.85. The molecule has 1 heterocycles. The Hall–Kier alpha value is -1.75. The van der Waals surface area contributed by atoms with Gasteiger partial charge in [-0.05, 0) is 0 Å². The highest BCUT2D eigenvalue weighted by atomic mass is 32.1. The third-order valence-electron chi connectivity index (χ3n) is 0.681. The first-order chi connectivity index (χ1) is 5.60. The van der Waals surface area contributed by atoms with E-state index in [-0.39, 0.29) is 0 Å². The van der Waals surface area contributed by atoms with Gasteiger partial charge in [0.15, 0.2) is 0 Å². The van der Waals surface area contributed by atoms with Crippen LogP contribution in [-0.2, 0) is 0 Å². The highest BCUT2D eigenvalue weighted by Crippen LogP contribution is 1.46. The van der Waals surface area contributed by atoms with Crippen LogP contribution in [0.4, 0.5) is 0 Å². The maximum absolute atomic E-state index is 10.2. The van der Waals surface area contributed by atoms with Crippen molar-refractivity contribution in [1.82, 2.24) is 15.0 Å². The fourth-order valence-electron chi connectivity index (χ4n) is 0.403. The second-order valence-electron chi connectivity index (χ2n) is 1.46. The van der Waals surface area contributed by atoms with Crippen LogP contribution >= 0.6 is 12.6 Å². The van der Waals surface area contributed by atoms with Gasteiger partial charge in [-0.15, -0.1) is 0 Å². The molecule has 0 aliphatic rings. The van der Waals surface area contributed by atoms with Crippen LogP contribution in [0.1, 0.15) is 0 Å². The maximum Gasteiger partial charge on any atom is 0.330 e. The van der Waals surface area contributed by atoms with E-state index in [0.29, 0.717) is 0 Å². The van der Waals surface area contributed by atoms with E-state index in [9.17, 15) is 14.4 Å². The summed E-state index contributed by atoms with van der Waals surface area (Å²) in [5.41, 5.74) is -2.41. The predicted molar refractivity (Wildman–Crippen MR) is 42.9 cm³/mol. The van der Waals surface area contributed by atoms with Gasteiger partial charge in [0, 0.05) is 0 Å². The quantitative estimate of drug-likeness (QED) is 0.282. The zero-order valence-corrected chi connectivity index (χ0v) is 6.51. The summed E-state index contributed by atoms with van der Waals surface area (Å²) < 4.78 is 0. The highest BCUT2D eigenvalue weighted by molar-refractivity contribution is 7.85. The van der Waals surface area contributed by atoms with Gasteiger partial charge in [0.1, 0.15) is 5.40 Å². The second-order valence-corrected chi connectivity index (χ2v) is 1.66. The Morgan fingerprint density at radius 1 is 1.00 bits per heavy atom. The molecule has 0 bridgehead atoms. The molecule has 0 radical (unpaired) electrons. The van der Waals surface area contributed by atoms with Crippen LogP contribution in [0.25, 0.3) is 0 Å². The van der Waals surface area contributed by atoms with Gasteiger partial charge in [-0.2, -0.15) is 5.26 Å². The first-order valence-corrected chi connectivity index (χ1v) is 3.01. The number of aromatic amines is 3. The van der Waals surface area contributed by atoms with E-state index in [1.807, 2.05) is 0 Å². The maximum atomic E-state index is 10.2. The number of H-pyrrole nitrogens is 3. The molecule has 0 atom stereocenters.